The molecule has 100 valence electrons. The van der Waals surface area contributed by atoms with E-state index in [9.17, 15) is 0 Å². The highest BCUT2D eigenvalue weighted by Crippen LogP contribution is 2.20. The Hall–Kier alpha value is -0.200. The first kappa shape index (κ1) is 13.2. The van der Waals surface area contributed by atoms with Crippen molar-refractivity contribution < 1.29 is 9.47 Å². The monoisotopic (exact) mass is 243 g/mol. The number of hydrogen-bond acceptors (Lipinski definition) is 5. The lowest BCUT2D eigenvalue weighted by atomic mass is 9.86. The maximum Gasteiger partial charge on any atom is 0.131 e. The van der Waals surface area contributed by atoms with Gasteiger partial charge >= 0.3 is 0 Å². The Bertz CT molecular complexity index is 228. The second-order valence-corrected chi connectivity index (χ2v) is 5.87. The van der Waals surface area contributed by atoms with Crippen LogP contribution in [0, 0.1) is 5.41 Å². The van der Waals surface area contributed by atoms with Crippen LogP contribution in [0.3, 0.4) is 0 Å². The van der Waals surface area contributed by atoms with Gasteiger partial charge in [0.1, 0.15) is 12.5 Å². The summed E-state index contributed by atoms with van der Waals surface area (Å²) in [5.74, 6) is 0. The van der Waals surface area contributed by atoms with E-state index >= 15 is 0 Å². The Morgan fingerprint density at radius 3 is 2.53 bits per heavy atom. The third-order valence-electron chi connectivity index (χ3n) is 3.39. The molecule has 5 heteroatoms. The van der Waals surface area contributed by atoms with Crippen molar-refractivity contribution >= 4 is 0 Å². The first-order valence-electron chi connectivity index (χ1n) is 6.49. The fourth-order valence-electron chi connectivity index (χ4n) is 2.16. The van der Waals surface area contributed by atoms with Crippen molar-refractivity contribution in [2.24, 2.45) is 5.41 Å². The number of piperazine rings is 1. The van der Waals surface area contributed by atoms with E-state index in [4.69, 9.17) is 9.47 Å². The smallest absolute Gasteiger partial charge is 0.131 e. The minimum Gasteiger partial charge on any atom is -0.360 e. The van der Waals surface area contributed by atoms with Gasteiger partial charge in [0, 0.05) is 25.7 Å². The van der Waals surface area contributed by atoms with Crippen LogP contribution in [0.2, 0.25) is 0 Å². The summed E-state index contributed by atoms with van der Waals surface area (Å²) in [6.45, 7) is 10.9. The summed E-state index contributed by atoms with van der Waals surface area (Å²) in [4.78, 5) is 0. The van der Waals surface area contributed by atoms with Crippen LogP contribution in [0.15, 0.2) is 0 Å². The van der Waals surface area contributed by atoms with Crippen molar-refractivity contribution in [3.63, 3.8) is 0 Å². The largest absolute Gasteiger partial charge is 0.360 e. The molecule has 2 saturated heterocycles. The van der Waals surface area contributed by atoms with Gasteiger partial charge in [-0.05, 0) is 5.41 Å². The topological polar surface area (TPSA) is 54.5 Å². The van der Waals surface area contributed by atoms with Gasteiger partial charge in [0.05, 0.1) is 13.2 Å². The van der Waals surface area contributed by atoms with Crippen LogP contribution < -0.4 is 16.0 Å². The maximum atomic E-state index is 5.77. The Labute approximate surface area is 104 Å². The molecule has 5 nitrogen and oxygen atoms in total. The molecule has 17 heavy (non-hydrogen) atoms. The second kappa shape index (κ2) is 5.63. The minimum absolute atomic E-state index is 0.0668. The molecule has 2 aliphatic rings. The van der Waals surface area contributed by atoms with Gasteiger partial charge in [-0.15, -0.1) is 0 Å². The summed E-state index contributed by atoms with van der Waals surface area (Å²) in [5, 5.41) is 10.2. The molecule has 0 bridgehead atoms. The van der Waals surface area contributed by atoms with E-state index in [0.29, 0.717) is 12.6 Å². The van der Waals surface area contributed by atoms with E-state index in [0.717, 1.165) is 26.2 Å². The molecule has 0 aliphatic carbocycles. The average molecular weight is 243 g/mol. The normalized spacial score (nSPS) is 35.1. The van der Waals surface area contributed by atoms with Gasteiger partial charge in [0.25, 0.3) is 0 Å². The third-order valence-corrected chi connectivity index (χ3v) is 3.39. The van der Waals surface area contributed by atoms with Gasteiger partial charge in [-0.2, -0.15) is 0 Å². The summed E-state index contributed by atoms with van der Waals surface area (Å²) < 4.78 is 11.2. The molecule has 0 aromatic heterocycles. The lowest BCUT2D eigenvalue weighted by Gasteiger charge is -2.38. The molecule has 2 rings (SSSR count). The molecule has 3 N–H and O–H groups in total. The van der Waals surface area contributed by atoms with E-state index in [-0.39, 0.29) is 17.9 Å². The predicted octanol–water partition coefficient (Wildman–Crippen LogP) is -0.117. The van der Waals surface area contributed by atoms with Gasteiger partial charge in [0.15, 0.2) is 0 Å². The fraction of sp³-hybridized carbons (Fsp3) is 1.00. The number of rotatable bonds is 3. The van der Waals surface area contributed by atoms with Gasteiger partial charge in [-0.3, -0.25) is 10.6 Å². The van der Waals surface area contributed by atoms with Crippen molar-refractivity contribution in [1.82, 2.24) is 16.0 Å². The number of ether oxygens (including phenoxy) is 2. The molecule has 0 aromatic rings. The van der Waals surface area contributed by atoms with Crippen LogP contribution in [0.1, 0.15) is 20.8 Å². The van der Waals surface area contributed by atoms with Gasteiger partial charge in [-0.1, -0.05) is 20.8 Å². The van der Waals surface area contributed by atoms with Gasteiger partial charge in [-0.25, -0.2) is 0 Å². The summed E-state index contributed by atoms with van der Waals surface area (Å²) in [6.07, 6.45) is 0.164. The van der Waals surface area contributed by atoms with Crippen LogP contribution >= 0.6 is 0 Å². The maximum absolute atomic E-state index is 5.77. The standard InChI is InChI=1S/C12H25N3O2/c1-12(2,3)9-6-15-10(7-14-9)17-8-11-13-4-5-16-11/h9-11,13-15H,4-8H2,1-3H3. The van der Waals surface area contributed by atoms with E-state index < -0.39 is 0 Å². The van der Waals surface area contributed by atoms with Crippen LogP contribution in [0.25, 0.3) is 0 Å². The molecular formula is C12H25N3O2. The second-order valence-electron chi connectivity index (χ2n) is 5.87. The van der Waals surface area contributed by atoms with E-state index in [1.807, 2.05) is 0 Å². The summed E-state index contributed by atoms with van der Waals surface area (Å²) in [5.41, 5.74) is 0.286. The summed E-state index contributed by atoms with van der Waals surface area (Å²) in [7, 11) is 0. The van der Waals surface area contributed by atoms with Crippen LogP contribution in [0.5, 0.6) is 0 Å². The quantitative estimate of drug-likeness (QED) is 0.645. The molecule has 0 radical (unpaired) electrons. The minimum atomic E-state index is 0.0668. The Morgan fingerprint density at radius 2 is 2.00 bits per heavy atom. The summed E-state index contributed by atoms with van der Waals surface area (Å²) >= 11 is 0. The molecule has 2 fully saturated rings. The van der Waals surface area contributed by atoms with Crippen molar-refractivity contribution in [2.75, 3.05) is 32.8 Å². The van der Waals surface area contributed by atoms with E-state index in [1.54, 1.807) is 0 Å². The third kappa shape index (κ3) is 3.89. The first-order valence-corrected chi connectivity index (χ1v) is 6.49. The lowest BCUT2D eigenvalue weighted by Crippen LogP contribution is -2.59. The zero-order valence-corrected chi connectivity index (χ0v) is 11.1. The molecule has 3 unspecified atom stereocenters. The SMILES string of the molecule is CC(C)(C)C1CNC(OCC2NCCO2)CN1. The average Bonchev–Trinajstić information content (AvgIpc) is 2.78. The first-order chi connectivity index (χ1) is 8.05. The molecule has 3 atom stereocenters. The fourth-order valence-corrected chi connectivity index (χ4v) is 2.16. The summed E-state index contributed by atoms with van der Waals surface area (Å²) in [6, 6.07) is 0.503. The van der Waals surface area contributed by atoms with E-state index in [1.165, 1.54) is 0 Å². The molecule has 2 heterocycles. The highest BCUT2D eigenvalue weighted by molar-refractivity contribution is 4.87. The molecule has 0 spiro atoms. The molecule has 0 saturated carbocycles. The zero-order chi connectivity index (χ0) is 12.3. The van der Waals surface area contributed by atoms with Crippen LogP contribution in [-0.4, -0.2) is 51.3 Å². The van der Waals surface area contributed by atoms with Gasteiger partial charge < -0.3 is 14.8 Å². The number of hydrogen-bond donors (Lipinski definition) is 3. The Balaban J connectivity index is 1.65. The lowest BCUT2D eigenvalue weighted by molar-refractivity contribution is -0.0494. The van der Waals surface area contributed by atoms with Crippen LogP contribution in [0.4, 0.5) is 0 Å². The van der Waals surface area contributed by atoms with Crippen molar-refractivity contribution in [3.8, 4) is 0 Å². The molecule has 2 aliphatic heterocycles. The van der Waals surface area contributed by atoms with Crippen molar-refractivity contribution in [3.05, 3.63) is 0 Å². The molecule has 0 aromatic carbocycles. The molecular weight excluding hydrogens is 218 g/mol. The van der Waals surface area contributed by atoms with Gasteiger partial charge in [0.2, 0.25) is 0 Å². The molecule has 0 amide bonds. The van der Waals surface area contributed by atoms with Crippen LogP contribution in [-0.2, 0) is 9.47 Å². The predicted molar refractivity (Wildman–Crippen MR) is 66.7 cm³/mol. The number of nitrogens with one attached hydrogen (secondary N) is 3. The highest BCUT2D eigenvalue weighted by atomic mass is 16.6. The Kier molecular flexibility index (Phi) is 4.38. The highest BCUT2D eigenvalue weighted by Gasteiger charge is 2.29. The Morgan fingerprint density at radius 1 is 1.18 bits per heavy atom. The van der Waals surface area contributed by atoms with Crippen molar-refractivity contribution in [1.29, 1.82) is 0 Å². The van der Waals surface area contributed by atoms with Crippen molar-refractivity contribution in [2.45, 2.75) is 39.3 Å². The zero-order valence-electron chi connectivity index (χ0n) is 11.1. The van der Waals surface area contributed by atoms with E-state index in [2.05, 4.69) is 36.7 Å².